The van der Waals surface area contributed by atoms with Gasteiger partial charge in [0.05, 0.1) is 7.11 Å². The fourth-order valence-corrected chi connectivity index (χ4v) is 5.89. The minimum absolute atomic E-state index is 0.0220. The number of carbonyl (C=O) groups excluding carboxylic acids is 2. The standard InChI is InChI=1S/C35H35FO7/c1-4-15-40-33(38)34(20-25-11-7-5-8-12-25)22-35(32(19-31(34)37)42-23-43-35)24(2)16-27-17-30(29(39-3)18-28(27)36)41-21-26-13-9-6-10-14-26/h4-14,17-19,24H,1,15-16,20-23H2,2-3H3/t24-,34?,35-/m1/s1. The van der Waals surface area contributed by atoms with Crippen molar-refractivity contribution in [2.75, 3.05) is 20.5 Å². The number of esters is 1. The van der Waals surface area contributed by atoms with Crippen LogP contribution in [0.5, 0.6) is 11.5 Å². The second kappa shape index (κ2) is 12.8. The third kappa shape index (κ3) is 6.06. The summed E-state index contributed by atoms with van der Waals surface area (Å²) in [6, 6.07) is 21.9. The van der Waals surface area contributed by atoms with Gasteiger partial charge in [-0.05, 0) is 41.5 Å². The van der Waals surface area contributed by atoms with Crippen LogP contribution >= 0.6 is 0 Å². The van der Waals surface area contributed by atoms with Crippen molar-refractivity contribution < 1.29 is 37.7 Å². The Balaban J connectivity index is 1.47. The van der Waals surface area contributed by atoms with Gasteiger partial charge >= 0.3 is 5.97 Å². The summed E-state index contributed by atoms with van der Waals surface area (Å²) in [5, 5.41) is 0. The van der Waals surface area contributed by atoms with E-state index in [4.69, 9.17) is 23.7 Å². The third-order valence-electron chi connectivity index (χ3n) is 8.21. The lowest BCUT2D eigenvalue weighted by Gasteiger charge is -2.43. The summed E-state index contributed by atoms with van der Waals surface area (Å²) in [4.78, 5) is 27.4. The van der Waals surface area contributed by atoms with Crippen molar-refractivity contribution >= 4 is 11.8 Å². The largest absolute Gasteiger partial charge is 0.493 e. The molecule has 3 aromatic carbocycles. The molecule has 1 aliphatic heterocycles. The molecular formula is C35H35FO7. The number of carbonyl (C=O) groups is 2. The summed E-state index contributed by atoms with van der Waals surface area (Å²) in [6.07, 6.45) is 3.10. The normalized spacial score (nSPS) is 21.7. The Morgan fingerprint density at radius 3 is 2.44 bits per heavy atom. The zero-order valence-corrected chi connectivity index (χ0v) is 24.3. The number of rotatable bonds is 12. The zero-order chi connectivity index (χ0) is 30.5. The van der Waals surface area contributed by atoms with Crippen LogP contribution in [-0.4, -0.2) is 37.9 Å². The van der Waals surface area contributed by atoms with Gasteiger partial charge in [-0.1, -0.05) is 80.2 Å². The molecule has 0 N–H and O–H groups in total. The molecule has 1 aliphatic carbocycles. The fourth-order valence-electron chi connectivity index (χ4n) is 5.89. The van der Waals surface area contributed by atoms with E-state index in [1.54, 1.807) is 6.07 Å². The maximum absolute atomic E-state index is 15.5. The molecule has 1 heterocycles. The second-order valence-corrected chi connectivity index (χ2v) is 11.0. The first-order valence-corrected chi connectivity index (χ1v) is 14.2. The molecule has 3 aromatic rings. The number of fused-ring (bicyclic) bond motifs is 1. The van der Waals surface area contributed by atoms with E-state index in [0.29, 0.717) is 17.1 Å². The molecule has 1 saturated heterocycles. The summed E-state index contributed by atoms with van der Waals surface area (Å²) in [5.41, 5.74) is -0.614. The molecule has 2 aliphatic rings. The number of methoxy groups -OCH3 is 1. The lowest BCUT2D eigenvalue weighted by atomic mass is 9.62. The predicted molar refractivity (Wildman–Crippen MR) is 158 cm³/mol. The monoisotopic (exact) mass is 586 g/mol. The molecule has 0 spiro atoms. The van der Waals surface area contributed by atoms with Crippen molar-refractivity contribution in [2.45, 2.75) is 38.4 Å². The number of hydrogen-bond acceptors (Lipinski definition) is 7. The number of ketones is 1. The number of ether oxygens (including phenoxy) is 5. The van der Waals surface area contributed by atoms with Crippen molar-refractivity contribution in [3.05, 3.63) is 120 Å². The van der Waals surface area contributed by atoms with Crippen LogP contribution in [0.4, 0.5) is 4.39 Å². The first kappa shape index (κ1) is 30.0. The highest BCUT2D eigenvalue weighted by Crippen LogP contribution is 2.51. The number of benzene rings is 3. The molecule has 5 rings (SSSR count). The molecule has 0 amide bonds. The summed E-state index contributed by atoms with van der Waals surface area (Å²) in [6.45, 7) is 5.67. The highest BCUT2D eigenvalue weighted by atomic mass is 19.1. The Morgan fingerprint density at radius 1 is 1.07 bits per heavy atom. The highest BCUT2D eigenvalue weighted by Gasteiger charge is 2.61. The lowest BCUT2D eigenvalue weighted by molar-refractivity contribution is -0.165. The van der Waals surface area contributed by atoms with Crippen molar-refractivity contribution in [1.82, 2.24) is 0 Å². The van der Waals surface area contributed by atoms with Gasteiger partial charge in [0.15, 0.2) is 24.1 Å². The quantitative estimate of drug-likeness (QED) is 0.143. The van der Waals surface area contributed by atoms with Crippen molar-refractivity contribution in [3.63, 3.8) is 0 Å². The van der Waals surface area contributed by atoms with Gasteiger partial charge < -0.3 is 23.7 Å². The number of hydrogen-bond donors (Lipinski definition) is 0. The van der Waals surface area contributed by atoms with Gasteiger partial charge in [0.25, 0.3) is 0 Å². The van der Waals surface area contributed by atoms with E-state index < -0.39 is 34.5 Å². The van der Waals surface area contributed by atoms with Gasteiger partial charge in [0.1, 0.15) is 35.8 Å². The Hall–Kier alpha value is -4.43. The summed E-state index contributed by atoms with van der Waals surface area (Å²) >= 11 is 0. The van der Waals surface area contributed by atoms with Crippen LogP contribution in [0.1, 0.15) is 30.0 Å². The second-order valence-electron chi connectivity index (χ2n) is 11.0. The predicted octanol–water partition coefficient (Wildman–Crippen LogP) is 6.15. The molecule has 1 fully saturated rings. The van der Waals surface area contributed by atoms with E-state index in [2.05, 4.69) is 6.58 Å². The fraction of sp³-hybridized carbons (Fsp3) is 0.314. The molecule has 7 nitrogen and oxygen atoms in total. The lowest BCUT2D eigenvalue weighted by Crippen LogP contribution is -2.54. The first-order chi connectivity index (χ1) is 20.8. The average Bonchev–Trinajstić information content (AvgIpc) is 3.44. The van der Waals surface area contributed by atoms with Gasteiger partial charge in [0, 0.05) is 18.6 Å². The molecule has 0 radical (unpaired) electrons. The topological polar surface area (TPSA) is 80.3 Å². The average molecular weight is 587 g/mol. The van der Waals surface area contributed by atoms with E-state index in [1.165, 1.54) is 25.3 Å². The molecule has 0 saturated carbocycles. The van der Waals surface area contributed by atoms with Crippen LogP contribution in [0, 0.1) is 17.2 Å². The molecule has 0 aromatic heterocycles. The summed E-state index contributed by atoms with van der Waals surface area (Å²) in [7, 11) is 1.46. The Labute approximate surface area is 250 Å². The van der Waals surface area contributed by atoms with Crippen LogP contribution in [0.3, 0.4) is 0 Å². The maximum atomic E-state index is 15.5. The Morgan fingerprint density at radius 2 is 1.77 bits per heavy atom. The maximum Gasteiger partial charge on any atom is 0.320 e. The first-order valence-electron chi connectivity index (χ1n) is 14.2. The molecule has 3 atom stereocenters. The minimum Gasteiger partial charge on any atom is -0.493 e. The number of halogens is 1. The van der Waals surface area contributed by atoms with Gasteiger partial charge in [-0.2, -0.15) is 0 Å². The van der Waals surface area contributed by atoms with Crippen LogP contribution in [0.2, 0.25) is 0 Å². The zero-order valence-electron chi connectivity index (χ0n) is 24.3. The van der Waals surface area contributed by atoms with E-state index in [1.807, 2.05) is 67.6 Å². The van der Waals surface area contributed by atoms with E-state index in [0.717, 1.165) is 11.1 Å². The highest BCUT2D eigenvalue weighted by molar-refractivity contribution is 6.11. The van der Waals surface area contributed by atoms with Crippen molar-refractivity contribution in [1.29, 1.82) is 0 Å². The van der Waals surface area contributed by atoms with Crippen LogP contribution in [0.25, 0.3) is 0 Å². The van der Waals surface area contributed by atoms with E-state index in [-0.39, 0.29) is 45.0 Å². The molecule has 43 heavy (non-hydrogen) atoms. The molecule has 1 unspecified atom stereocenters. The molecular weight excluding hydrogens is 551 g/mol. The van der Waals surface area contributed by atoms with Crippen LogP contribution in [0.15, 0.2) is 97.3 Å². The van der Waals surface area contributed by atoms with E-state index >= 15 is 4.39 Å². The molecule has 224 valence electrons. The number of allylic oxidation sites excluding steroid dienone is 1. The molecule has 8 heteroatoms. The van der Waals surface area contributed by atoms with Gasteiger partial charge in [-0.3, -0.25) is 9.59 Å². The van der Waals surface area contributed by atoms with Crippen molar-refractivity contribution in [2.24, 2.45) is 11.3 Å². The van der Waals surface area contributed by atoms with Gasteiger partial charge in [-0.25, -0.2) is 4.39 Å². The van der Waals surface area contributed by atoms with Crippen LogP contribution in [-0.2, 0) is 43.2 Å². The van der Waals surface area contributed by atoms with E-state index in [9.17, 15) is 9.59 Å². The SMILES string of the molecule is C=CCOC(=O)C1(Cc2ccccc2)C[C@]2([C@H](C)Cc3cc(OCc4ccccc4)c(OC)cc3F)OCOC2=CC1=O. The van der Waals surface area contributed by atoms with Gasteiger partial charge in [-0.15, -0.1) is 0 Å². The van der Waals surface area contributed by atoms with Gasteiger partial charge in [0.2, 0.25) is 0 Å². The Kier molecular flexibility index (Phi) is 8.97. The smallest absolute Gasteiger partial charge is 0.320 e. The summed E-state index contributed by atoms with van der Waals surface area (Å²) < 4.78 is 44.4. The van der Waals surface area contributed by atoms with Crippen LogP contribution < -0.4 is 9.47 Å². The summed E-state index contributed by atoms with van der Waals surface area (Å²) in [5.74, 6) is -0.950. The molecule has 0 bridgehead atoms. The third-order valence-corrected chi connectivity index (χ3v) is 8.21. The van der Waals surface area contributed by atoms with Crippen molar-refractivity contribution in [3.8, 4) is 11.5 Å². The Bertz CT molecular complexity index is 1500. The minimum atomic E-state index is -1.57.